The zero-order chi connectivity index (χ0) is 24.9. The van der Waals surface area contributed by atoms with Crippen LogP contribution in [0, 0.1) is 5.92 Å². The van der Waals surface area contributed by atoms with Crippen molar-refractivity contribution < 1.29 is 35.3 Å². The molecular formula is C24H28F3NO5S. The highest BCUT2D eigenvalue weighted by Gasteiger charge is 2.32. The number of carbonyl (C=O) groups is 1. The van der Waals surface area contributed by atoms with Crippen LogP contribution in [0.4, 0.5) is 13.2 Å². The van der Waals surface area contributed by atoms with E-state index in [1.165, 1.54) is 6.07 Å². The Morgan fingerprint density at radius 3 is 2.56 bits per heavy atom. The van der Waals surface area contributed by atoms with Gasteiger partial charge in [0, 0.05) is 31.7 Å². The third kappa shape index (κ3) is 6.96. The maximum absolute atomic E-state index is 13.0. The molecule has 0 aromatic heterocycles. The van der Waals surface area contributed by atoms with Crippen LogP contribution in [0.2, 0.25) is 0 Å². The number of ether oxygens (including phenoxy) is 1. The third-order valence-electron chi connectivity index (χ3n) is 5.37. The lowest BCUT2D eigenvalue weighted by Crippen LogP contribution is -2.37. The average molecular weight is 500 g/mol. The molecule has 1 atom stereocenters. The molecule has 0 spiro atoms. The number of hydrogen-bond donors (Lipinski definition) is 0. The number of benzene rings is 2. The molecule has 1 unspecified atom stereocenters. The highest BCUT2D eigenvalue weighted by Crippen LogP contribution is 2.32. The zero-order valence-electron chi connectivity index (χ0n) is 19.0. The highest BCUT2D eigenvalue weighted by atomic mass is 32.2. The number of alkyl halides is 3. The fourth-order valence-corrected chi connectivity index (χ4v) is 4.69. The fourth-order valence-electron chi connectivity index (χ4n) is 3.68. The van der Waals surface area contributed by atoms with Crippen molar-refractivity contribution in [3.05, 3.63) is 59.7 Å². The molecule has 0 saturated carbocycles. The Labute approximate surface area is 197 Å². The average Bonchev–Trinajstić information content (AvgIpc) is 3.26. The largest absolute Gasteiger partial charge is 0.416 e. The highest BCUT2D eigenvalue weighted by molar-refractivity contribution is 7.87. The second-order valence-electron chi connectivity index (χ2n) is 8.68. The van der Waals surface area contributed by atoms with Gasteiger partial charge in [0.25, 0.3) is 0 Å². The molecule has 1 heterocycles. The van der Waals surface area contributed by atoms with Gasteiger partial charge in [-0.05, 0) is 43.0 Å². The van der Waals surface area contributed by atoms with Gasteiger partial charge in [-0.1, -0.05) is 38.1 Å². The Kier molecular flexibility index (Phi) is 8.25. The SMILES string of the molecule is CC(C)CC(=O)N(Cc1ccccc1OS(=O)(=O)c1cccc(C(F)(F)F)c1)CC1CCCO1. The molecule has 186 valence electrons. The van der Waals surface area contributed by atoms with Gasteiger partial charge in [0.1, 0.15) is 10.6 Å². The minimum absolute atomic E-state index is 0.0467. The van der Waals surface area contributed by atoms with Gasteiger partial charge in [-0.2, -0.15) is 21.6 Å². The van der Waals surface area contributed by atoms with Gasteiger partial charge in [-0.15, -0.1) is 0 Å². The number of rotatable bonds is 9. The summed E-state index contributed by atoms with van der Waals surface area (Å²) in [6.45, 7) is 4.94. The van der Waals surface area contributed by atoms with Crippen molar-refractivity contribution in [2.75, 3.05) is 13.2 Å². The molecule has 2 aromatic carbocycles. The van der Waals surface area contributed by atoms with Crippen LogP contribution in [-0.4, -0.2) is 38.5 Å². The number of amides is 1. The number of carbonyl (C=O) groups excluding carboxylic acids is 1. The summed E-state index contributed by atoms with van der Waals surface area (Å²) < 4.78 is 75.6. The van der Waals surface area contributed by atoms with Crippen LogP contribution in [0.25, 0.3) is 0 Å². The summed E-state index contributed by atoms with van der Waals surface area (Å²) in [4.78, 5) is 13.9. The van der Waals surface area contributed by atoms with Crippen LogP contribution >= 0.6 is 0 Å². The first kappa shape index (κ1) is 26.0. The summed E-state index contributed by atoms with van der Waals surface area (Å²) in [7, 11) is -4.54. The molecule has 10 heteroatoms. The summed E-state index contributed by atoms with van der Waals surface area (Å²) in [5.41, 5.74) is -0.666. The van der Waals surface area contributed by atoms with E-state index in [9.17, 15) is 26.4 Å². The van der Waals surface area contributed by atoms with Crippen molar-refractivity contribution in [2.24, 2.45) is 5.92 Å². The van der Waals surface area contributed by atoms with Gasteiger partial charge in [0.05, 0.1) is 11.7 Å². The van der Waals surface area contributed by atoms with E-state index in [2.05, 4.69) is 0 Å². The molecule has 2 aromatic rings. The summed E-state index contributed by atoms with van der Waals surface area (Å²) in [5.74, 6) is -0.0112. The second-order valence-corrected chi connectivity index (χ2v) is 10.2. The van der Waals surface area contributed by atoms with Crippen LogP contribution in [0.3, 0.4) is 0 Å². The maximum Gasteiger partial charge on any atom is 0.416 e. The lowest BCUT2D eigenvalue weighted by molar-refractivity contribution is -0.137. The van der Waals surface area contributed by atoms with E-state index in [0.717, 1.165) is 31.0 Å². The Morgan fingerprint density at radius 1 is 1.18 bits per heavy atom. The van der Waals surface area contributed by atoms with Crippen molar-refractivity contribution in [3.63, 3.8) is 0 Å². The van der Waals surface area contributed by atoms with E-state index in [4.69, 9.17) is 8.92 Å². The number of halogens is 3. The summed E-state index contributed by atoms with van der Waals surface area (Å²) in [6.07, 6.45) is -2.74. The number of nitrogens with zero attached hydrogens (tertiary/aromatic N) is 1. The molecule has 0 radical (unpaired) electrons. The fraction of sp³-hybridized carbons (Fsp3) is 0.458. The summed E-state index contributed by atoms with van der Waals surface area (Å²) in [5, 5.41) is 0. The van der Waals surface area contributed by atoms with Gasteiger partial charge in [-0.3, -0.25) is 4.79 Å². The van der Waals surface area contributed by atoms with Gasteiger partial charge in [-0.25, -0.2) is 0 Å². The van der Waals surface area contributed by atoms with Gasteiger partial charge < -0.3 is 13.8 Å². The van der Waals surface area contributed by atoms with Crippen LogP contribution in [0.15, 0.2) is 53.4 Å². The van der Waals surface area contributed by atoms with Gasteiger partial charge in [0.15, 0.2) is 0 Å². The molecule has 1 amide bonds. The minimum Gasteiger partial charge on any atom is -0.379 e. The number of para-hydroxylation sites is 1. The smallest absolute Gasteiger partial charge is 0.379 e. The molecule has 1 saturated heterocycles. The molecule has 1 fully saturated rings. The van der Waals surface area contributed by atoms with Crippen molar-refractivity contribution in [3.8, 4) is 5.75 Å². The van der Waals surface area contributed by atoms with Crippen LogP contribution in [0.1, 0.15) is 44.2 Å². The Balaban J connectivity index is 1.85. The lowest BCUT2D eigenvalue weighted by atomic mass is 10.1. The van der Waals surface area contributed by atoms with Crippen LogP contribution < -0.4 is 4.18 Å². The maximum atomic E-state index is 13.0. The van der Waals surface area contributed by atoms with Gasteiger partial charge in [0.2, 0.25) is 5.91 Å². The predicted octanol–water partition coefficient (Wildman–Crippen LogP) is 5.03. The van der Waals surface area contributed by atoms with Crippen molar-refractivity contribution >= 4 is 16.0 Å². The van der Waals surface area contributed by atoms with Crippen molar-refractivity contribution in [2.45, 2.75) is 56.8 Å². The standard InChI is InChI=1S/C24H28F3NO5S/c1-17(2)13-23(29)28(16-20-9-6-12-32-20)15-18-7-3-4-11-22(18)33-34(30,31)21-10-5-8-19(14-21)24(25,26)27/h3-5,7-8,10-11,14,17,20H,6,9,12-13,15-16H2,1-2H3. The van der Waals surface area contributed by atoms with Crippen molar-refractivity contribution in [1.29, 1.82) is 0 Å². The van der Waals surface area contributed by atoms with E-state index in [-0.39, 0.29) is 30.2 Å². The molecule has 3 rings (SSSR count). The summed E-state index contributed by atoms with van der Waals surface area (Å²) >= 11 is 0. The van der Waals surface area contributed by atoms with Gasteiger partial charge >= 0.3 is 16.3 Å². The number of hydrogen-bond acceptors (Lipinski definition) is 5. The van der Waals surface area contributed by atoms with Crippen molar-refractivity contribution in [1.82, 2.24) is 4.90 Å². The van der Waals surface area contributed by atoms with E-state index in [1.54, 1.807) is 23.1 Å². The third-order valence-corrected chi connectivity index (χ3v) is 6.60. The first-order chi connectivity index (χ1) is 16.0. The Morgan fingerprint density at radius 2 is 1.91 bits per heavy atom. The van der Waals surface area contributed by atoms with E-state index in [0.29, 0.717) is 31.2 Å². The predicted molar refractivity (Wildman–Crippen MR) is 120 cm³/mol. The molecule has 0 N–H and O–H groups in total. The van der Waals surface area contributed by atoms with E-state index >= 15 is 0 Å². The zero-order valence-corrected chi connectivity index (χ0v) is 19.9. The molecule has 1 aliphatic rings. The molecule has 6 nitrogen and oxygen atoms in total. The lowest BCUT2D eigenvalue weighted by Gasteiger charge is -2.27. The minimum atomic E-state index is -4.69. The molecular weight excluding hydrogens is 471 g/mol. The molecule has 1 aliphatic heterocycles. The molecule has 0 bridgehead atoms. The summed E-state index contributed by atoms with van der Waals surface area (Å²) in [6, 6.07) is 9.66. The van der Waals surface area contributed by atoms with E-state index in [1.807, 2.05) is 13.8 Å². The molecule has 0 aliphatic carbocycles. The first-order valence-corrected chi connectivity index (χ1v) is 12.5. The van der Waals surface area contributed by atoms with Crippen LogP contribution in [-0.2, 0) is 32.4 Å². The van der Waals surface area contributed by atoms with Crippen LogP contribution in [0.5, 0.6) is 5.75 Å². The second kappa shape index (κ2) is 10.8. The first-order valence-electron chi connectivity index (χ1n) is 11.0. The Bertz CT molecular complexity index is 1100. The Hall–Kier alpha value is -2.59. The van der Waals surface area contributed by atoms with E-state index < -0.39 is 26.8 Å². The monoisotopic (exact) mass is 499 g/mol. The topological polar surface area (TPSA) is 72.9 Å². The molecule has 34 heavy (non-hydrogen) atoms. The normalized spacial score (nSPS) is 16.6. The quantitative estimate of drug-likeness (QED) is 0.453.